The zero-order chi connectivity index (χ0) is 21.1. The van der Waals surface area contributed by atoms with E-state index in [4.69, 9.17) is 0 Å². The summed E-state index contributed by atoms with van der Waals surface area (Å²) in [6.07, 6.45) is 5.56. The lowest BCUT2D eigenvalue weighted by Crippen LogP contribution is -2.76. The average Bonchev–Trinajstić information content (AvgIpc) is 3.22. The fourth-order valence-corrected chi connectivity index (χ4v) is 5.64. The van der Waals surface area contributed by atoms with Crippen LogP contribution in [0.25, 0.3) is 0 Å². The first-order chi connectivity index (χ1) is 14.4. The van der Waals surface area contributed by atoms with Crippen molar-refractivity contribution in [3.05, 3.63) is 58.9 Å². The van der Waals surface area contributed by atoms with E-state index in [9.17, 15) is 19.1 Å². The number of phenols is 1. The van der Waals surface area contributed by atoms with Gasteiger partial charge in [0.1, 0.15) is 0 Å². The number of hydrogen-bond acceptors (Lipinski definition) is 4. The Balaban J connectivity index is 1.29. The molecule has 3 aliphatic carbocycles. The molecule has 1 aliphatic heterocycles. The summed E-state index contributed by atoms with van der Waals surface area (Å²) in [4.78, 5) is 28.1. The minimum Gasteiger partial charge on any atom is -0.504 e. The van der Waals surface area contributed by atoms with Crippen LogP contribution in [0.15, 0.2) is 36.4 Å². The maximum absolute atomic E-state index is 13.9. The number of carbonyl (C=O) groups excluding carboxylic acids is 2. The second kappa shape index (κ2) is 6.56. The molecule has 3 saturated carbocycles. The van der Waals surface area contributed by atoms with Crippen LogP contribution in [-0.2, 0) is 5.41 Å². The Bertz CT molecular complexity index is 1010. The maximum Gasteiger partial charge on any atom is 0.254 e. The zero-order valence-electron chi connectivity index (χ0n) is 17.0. The first-order valence-electron chi connectivity index (χ1n) is 10.5. The van der Waals surface area contributed by atoms with Gasteiger partial charge in [0.25, 0.3) is 5.91 Å². The SMILES string of the molecule is CN(C(=O)c1cc(F)c(O)c(C=O)c1)C12CC(c3ccc(N4CCCC4)cc3)(C1)C2. The van der Waals surface area contributed by atoms with E-state index in [1.54, 1.807) is 11.9 Å². The van der Waals surface area contributed by atoms with Crippen molar-refractivity contribution in [2.24, 2.45) is 0 Å². The van der Waals surface area contributed by atoms with E-state index in [-0.39, 0.29) is 28.0 Å². The number of hydrogen-bond donors (Lipinski definition) is 1. The molecule has 4 fully saturated rings. The van der Waals surface area contributed by atoms with E-state index in [2.05, 4.69) is 29.2 Å². The van der Waals surface area contributed by atoms with Crippen LogP contribution in [0.3, 0.4) is 0 Å². The van der Waals surface area contributed by atoms with Crippen LogP contribution in [0, 0.1) is 5.82 Å². The summed E-state index contributed by atoms with van der Waals surface area (Å²) in [5, 5.41) is 9.58. The summed E-state index contributed by atoms with van der Waals surface area (Å²) in [5.74, 6) is -2.00. The van der Waals surface area contributed by atoms with Gasteiger partial charge in [0.15, 0.2) is 17.9 Å². The molecule has 6 heteroatoms. The highest BCUT2D eigenvalue weighted by atomic mass is 19.1. The Kier molecular flexibility index (Phi) is 4.17. The lowest BCUT2D eigenvalue weighted by Gasteiger charge is -2.73. The Morgan fingerprint density at radius 2 is 1.77 bits per heavy atom. The zero-order valence-corrected chi connectivity index (χ0v) is 17.0. The van der Waals surface area contributed by atoms with Crippen molar-refractivity contribution in [3.63, 3.8) is 0 Å². The van der Waals surface area contributed by atoms with Crippen LogP contribution in [0.2, 0.25) is 0 Å². The lowest BCUT2D eigenvalue weighted by atomic mass is 9.37. The summed E-state index contributed by atoms with van der Waals surface area (Å²) >= 11 is 0. The number of aromatic hydroxyl groups is 1. The molecule has 1 heterocycles. The van der Waals surface area contributed by atoms with Gasteiger partial charge in [-0.25, -0.2) is 4.39 Å². The topological polar surface area (TPSA) is 60.9 Å². The predicted octanol–water partition coefficient (Wildman–Crippen LogP) is 3.89. The molecule has 5 nitrogen and oxygen atoms in total. The quantitative estimate of drug-likeness (QED) is 0.763. The molecule has 30 heavy (non-hydrogen) atoms. The van der Waals surface area contributed by atoms with E-state index in [1.807, 2.05) is 0 Å². The molecule has 2 bridgehead atoms. The first-order valence-corrected chi connectivity index (χ1v) is 10.5. The molecule has 156 valence electrons. The van der Waals surface area contributed by atoms with Gasteiger partial charge >= 0.3 is 0 Å². The maximum atomic E-state index is 13.9. The monoisotopic (exact) mass is 408 g/mol. The van der Waals surface area contributed by atoms with Crippen molar-refractivity contribution in [1.82, 2.24) is 4.90 Å². The number of rotatable bonds is 5. The smallest absolute Gasteiger partial charge is 0.254 e. The van der Waals surface area contributed by atoms with Crippen molar-refractivity contribution < 1.29 is 19.1 Å². The Morgan fingerprint density at radius 1 is 1.13 bits per heavy atom. The third kappa shape index (κ3) is 2.66. The third-order valence-electron chi connectivity index (χ3n) is 7.44. The van der Waals surface area contributed by atoms with Crippen molar-refractivity contribution >= 4 is 17.9 Å². The van der Waals surface area contributed by atoms with Crippen molar-refractivity contribution in [2.45, 2.75) is 43.1 Å². The predicted molar refractivity (Wildman–Crippen MR) is 112 cm³/mol. The summed E-state index contributed by atoms with van der Waals surface area (Å²) in [7, 11) is 1.74. The van der Waals surface area contributed by atoms with Crippen molar-refractivity contribution in [1.29, 1.82) is 0 Å². The van der Waals surface area contributed by atoms with Gasteiger partial charge < -0.3 is 14.9 Å². The van der Waals surface area contributed by atoms with E-state index < -0.39 is 11.6 Å². The molecule has 1 saturated heterocycles. The van der Waals surface area contributed by atoms with Crippen molar-refractivity contribution in [2.75, 3.05) is 25.0 Å². The highest BCUT2D eigenvalue weighted by molar-refractivity contribution is 5.97. The molecule has 0 spiro atoms. The van der Waals surface area contributed by atoms with Gasteiger partial charge in [0.05, 0.1) is 5.56 Å². The first kappa shape index (κ1) is 19.1. The van der Waals surface area contributed by atoms with Gasteiger partial charge in [-0.3, -0.25) is 9.59 Å². The van der Waals surface area contributed by atoms with Crippen molar-refractivity contribution in [3.8, 4) is 5.75 Å². The largest absolute Gasteiger partial charge is 0.504 e. The van der Waals surface area contributed by atoms with Crippen LogP contribution in [-0.4, -0.2) is 47.9 Å². The number of nitrogens with zero attached hydrogens (tertiary/aromatic N) is 2. The fraction of sp³-hybridized carbons (Fsp3) is 0.417. The second-order valence-electron chi connectivity index (χ2n) is 9.15. The number of aldehydes is 1. The molecule has 0 unspecified atom stereocenters. The second-order valence-corrected chi connectivity index (χ2v) is 9.15. The van der Waals surface area contributed by atoms with Gasteiger partial charge in [-0.05, 0) is 61.9 Å². The van der Waals surface area contributed by atoms with Crippen LogP contribution in [0.5, 0.6) is 5.75 Å². The average molecular weight is 408 g/mol. The summed E-state index contributed by atoms with van der Waals surface area (Å²) < 4.78 is 13.9. The molecule has 2 aromatic carbocycles. The molecule has 4 aliphatic rings. The molecule has 6 rings (SSSR count). The molecule has 1 N–H and O–H groups in total. The van der Waals surface area contributed by atoms with Crippen LogP contribution >= 0.6 is 0 Å². The van der Waals surface area contributed by atoms with Crippen LogP contribution < -0.4 is 4.90 Å². The van der Waals surface area contributed by atoms with E-state index in [1.165, 1.54) is 30.2 Å². The summed E-state index contributed by atoms with van der Waals surface area (Å²) in [6, 6.07) is 11.1. The summed E-state index contributed by atoms with van der Waals surface area (Å²) in [6.45, 7) is 2.26. The van der Waals surface area contributed by atoms with Crippen LogP contribution in [0.4, 0.5) is 10.1 Å². The number of halogens is 1. The molecule has 0 atom stereocenters. The molecule has 0 aromatic heterocycles. The molecule has 0 radical (unpaired) electrons. The fourth-order valence-electron chi connectivity index (χ4n) is 5.64. The number of phenolic OH excluding ortho intramolecular Hbond substituents is 1. The van der Waals surface area contributed by atoms with E-state index in [0.29, 0.717) is 6.29 Å². The van der Waals surface area contributed by atoms with Gasteiger partial charge in [0.2, 0.25) is 0 Å². The number of carbonyl (C=O) groups is 2. The highest BCUT2D eigenvalue weighted by Crippen LogP contribution is 2.70. The van der Waals surface area contributed by atoms with E-state index >= 15 is 0 Å². The number of amides is 1. The number of benzene rings is 2. The molecule has 2 aromatic rings. The van der Waals surface area contributed by atoms with Gasteiger partial charge in [-0.15, -0.1) is 0 Å². The number of anilines is 1. The van der Waals surface area contributed by atoms with E-state index in [0.717, 1.165) is 38.4 Å². The Hall–Kier alpha value is -2.89. The molecular formula is C24H25FN2O3. The minimum atomic E-state index is -0.955. The lowest BCUT2D eigenvalue weighted by molar-refractivity contribution is -0.143. The van der Waals surface area contributed by atoms with Crippen LogP contribution in [0.1, 0.15) is 58.4 Å². The normalized spacial score (nSPS) is 26.7. The van der Waals surface area contributed by atoms with Gasteiger partial charge in [0, 0.05) is 42.3 Å². The molecular weight excluding hydrogens is 383 g/mol. The highest BCUT2D eigenvalue weighted by Gasteiger charge is 2.70. The molecule has 1 amide bonds. The minimum absolute atomic E-state index is 0.0867. The standard InChI is InChI=1S/C24H25FN2O3/c1-26(22(30)16-10-17(12-28)21(29)20(25)11-16)24-13-23(14-24,15-24)18-4-6-19(7-5-18)27-8-2-3-9-27/h4-7,10-12,29H,2-3,8-9,13-15H2,1H3. The summed E-state index contributed by atoms with van der Waals surface area (Å²) in [5.41, 5.74) is 2.41. The Labute approximate surface area is 175 Å². The Morgan fingerprint density at radius 3 is 2.37 bits per heavy atom. The van der Waals surface area contributed by atoms with Gasteiger partial charge in [-0.1, -0.05) is 12.1 Å². The third-order valence-corrected chi connectivity index (χ3v) is 7.44. The van der Waals surface area contributed by atoms with Gasteiger partial charge in [-0.2, -0.15) is 0 Å².